The molecule has 2 fully saturated rings. The number of imide groups is 1. The molecule has 0 radical (unpaired) electrons. The summed E-state index contributed by atoms with van der Waals surface area (Å²) in [5.41, 5.74) is 6.05. The first-order valence-electron chi connectivity index (χ1n) is 14.2. The van der Waals surface area contributed by atoms with Crippen molar-refractivity contribution in [3.05, 3.63) is 65.2 Å². The SMILES string of the molecule is NC1=NC2[C@H](CN3C(=O)CN(c4ccccc4)C3=O)N=C(N)N3CC(OC(=O)c4cc(C(F)(F)F)ccc4C(F)(F)F)[C@@H](O)C23N1CO. The van der Waals surface area contributed by atoms with E-state index in [0.717, 1.165) is 14.7 Å². The number of alkyl halides is 6. The fourth-order valence-electron chi connectivity index (χ4n) is 6.59. The molecule has 2 aromatic rings. The minimum Gasteiger partial charge on any atom is -0.454 e. The molecule has 5 atom stereocenters. The molecule has 0 bridgehead atoms. The summed E-state index contributed by atoms with van der Waals surface area (Å²) >= 11 is 0. The number of urea groups is 1. The van der Waals surface area contributed by atoms with E-state index in [9.17, 15) is 50.9 Å². The molecule has 4 heterocycles. The third-order valence-electron chi connectivity index (χ3n) is 8.70. The highest BCUT2D eigenvalue weighted by Gasteiger charge is 2.70. The highest BCUT2D eigenvalue weighted by atomic mass is 19.4. The number of carbonyl (C=O) groups excluding carboxylic acids is 3. The van der Waals surface area contributed by atoms with E-state index < -0.39 is 96.7 Å². The highest BCUT2D eigenvalue weighted by Crippen LogP contribution is 2.46. The molecule has 1 spiro atoms. The van der Waals surface area contributed by atoms with Crippen molar-refractivity contribution in [3.8, 4) is 0 Å². The van der Waals surface area contributed by atoms with Crippen molar-refractivity contribution in [2.75, 3.05) is 31.3 Å². The predicted molar refractivity (Wildman–Crippen MR) is 152 cm³/mol. The summed E-state index contributed by atoms with van der Waals surface area (Å²) in [4.78, 5) is 52.3. The maximum absolute atomic E-state index is 13.7. The van der Waals surface area contributed by atoms with Crippen LogP contribution >= 0.6 is 0 Å². The van der Waals surface area contributed by atoms with Crippen LogP contribution in [0.25, 0.3) is 0 Å². The Labute approximate surface area is 266 Å². The fraction of sp³-hybridized carbons (Fsp3) is 0.393. The van der Waals surface area contributed by atoms with Crippen LogP contribution in [0.4, 0.5) is 36.8 Å². The number of anilines is 1. The third-order valence-corrected chi connectivity index (χ3v) is 8.70. The number of benzene rings is 2. The Balaban J connectivity index is 1.32. The number of nitrogens with two attached hydrogens (primary N) is 2. The lowest BCUT2D eigenvalue weighted by molar-refractivity contribution is -0.141. The largest absolute Gasteiger partial charge is 0.454 e. The van der Waals surface area contributed by atoms with Crippen molar-refractivity contribution in [3.63, 3.8) is 0 Å². The highest BCUT2D eigenvalue weighted by molar-refractivity contribution is 6.12. The normalized spacial score (nSPS) is 27.2. The van der Waals surface area contributed by atoms with Gasteiger partial charge in [0.15, 0.2) is 17.6 Å². The van der Waals surface area contributed by atoms with Gasteiger partial charge in [0, 0.05) is 5.69 Å². The summed E-state index contributed by atoms with van der Waals surface area (Å²) in [5.74, 6) is -3.18. The van der Waals surface area contributed by atoms with Crippen LogP contribution in [-0.4, -0.2) is 111 Å². The number of ether oxygens (including phenoxy) is 1. The van der Waals surface area contributed by atoms with Crippen LogP contribution in [0.2, 0.25) is 0 Å². The van der Waals surface area contributed by atoms with E-state index in [1.807, 2.05) is 0 Å². The predicted octanol–water partition coefficient (Wildman–Crippen LogP) is 0.737. The molecular formula is C28H26F6N8O6. The zero-order chi connectivity index (χ0) is 34.9. The van der Waals surface area contributed by atoms with Crippen molar-refractivity contribution < 1.29 is 55.7 Å². The molecule has 6 N–H and O–H groups in total. The van der Waals surface area contributed by atoms with Crippen LogP contribution in [0.5, 0.6) is 0 Å². The second kappa shape index (κ2) is 11.3. The van der Waals surface area contributed by atoms with Gasteiger partial charge < -0.3 is 31.3 Å². The summed E-state index contributed by atoms with van der Waals surface area (Å²) in [6.45, 7) is -2.24. The number of carbonyl (C=O) groups is 3. The number of aliphatic imine (C=N–C) groups is 2. The summed E-state index contributed by atoms with van der Waals surface area (Å²) in [5, 5.41) is 22.0. The molecule has 20 heteroatoms. The molecule has 0 saturated carbocycles. The Kier molecular flexibility index (Phi) is 7.69. The van der Waals surface area contributed by atoms with Crippen LogP contribution in [0.3, 0.4) is 0 Å². The van der Waals surface area contributed by atoms with Gasteiger partial charge in [0.2, 0.25) is 0 Å². The average Bonchev–Trinajstić information content (AvgIpc) is 3.60. The monoisotopic (exact) mass is 684 g/mol. The standard InChI is InChI=1S/C28H26F6N8O6/c29-27(30,31)13-6-7-16(28(32,33)34)15(8-13)22(46)48-18-10-41-23(35)37-17(20-26(41,21(18)45)42(12-43)24(36)38-20)9-40-19(44)11-39(25(40)47)14-4-2-1-3-5-14/h1-8,17-18,20-21,43,45H,9-12H2,(H2,35,37)(H2,36,38)/t17-,18?,20?,21+,26?/m0/s1. The molecule has 14 nitrogen and oxygen atoms in total. The quantitative estimate of drug-likeness (QED) is 0.192. The van der Waals surface area contributed by atoms with Gasteiger partial charge in [0.1, 0.15) is 31.5 Å². The number of nitrogens with zero attached hydrogens (tertiary/aromatic N) is 6. The van der Waals surface area contributed by atoms with Crippen molar-refractivity contribution in [1.29, 1.82) is 0 Å². The number of halogens is 6. The first kappa shape index (κ1) is 32.8. The molecule has 2 aromatic carbocycles. The van der Waals surface area contributed by atoms with Gasteiger partial charge >= 0.3 is 24.4 Å². The van der Waals surface area contributed by atoms with E-state index in [4.69, 9.17) is 16.2 Å². The van der Waals surface area contributed by atoms with Crippen molar-refractivity contribution in [1.82, 2.24) is 14.7 Å². The Bertz CT molecular complexity index is 1720. The van der Waals surface area contributed by atoms with Gasteiger partial charge in [-0.2, -0.15) is 26.3 Å². The van der Waals surface area contributed by atoms with Gasteiger partial charge in [-0.05, 0) is 30.3 Å². The topological polar surface area (TPSA) is 191 Å². The smallest absolute Gasteiger partial charge is 0.417 e. The number of guanidine groups is 2. The van der Waals surface area contributed by atoms with Gasteiger partial charge in [-0.1, -0.05) is 18.2 Å². The average molecular weight is 685 g/mol. The Morgan fingerprint density at radius 1 is 1.00 bits per heavy atom. The number of rotatable bonds is 6. The van der Waals surface area contributed by atoms with E-state index in [0.29, 0.717) is 5.69 Å². The molecule has 0 aromatic heterocycles. The van der Waals surface area contributed by atoms with Gasteiger partial charge in [-0.15, -0.1) is 0 Å². The lowest BCUT2D eigenvalue weighted by Crippen LogP contribution is -2.74. The van der Waals surface area contributed by atoms with Crippen LogP contribution in [0, 0.1) is 0 Å². The van der Waals surface area contributed by atoms with E-state index >= 15 is 0 Å². The minimum absolute atomic E-state index is 0.00768. The maximum atomic E-state index is 13.7. The number of hydrogen-bond donors (Lipinski definition) is 4. The number of esters is 1. The van der Waals surface area contributed by atoms with Gasteiger partial charge in [-0.3, -0.25) is 19.5 Å². The van der Waals surface area contributed by atoms with Gasteiger partial charge in [0.25, 0.3) is 5.91 Å². The zero-order valence-electron chi connectivity index (χ0n) is 24.4. The third kappa shape index (κ3) is 5.02. The fourth-order valence-corrected chi connectivity index (χ4v) is 6.59. The summed E-state index contributed by atoms with van der Waals surface area (Å²) in [6.07, 6.45) is -14.1. The Hall–Kier alpha value is -5.11. The molecule has 3 amide bonds. The van der Waals surface area contributed by atoms with Crippen LogP contribution < -0.4 is 16.4 Å². The molecule has 0 aliphatic carbocycles. The molecule has 2 saturated heterocycles. The van der Waals surface area contributed by atoms with Crippen LogP contribution in [0.15, 0.2) is 58.5 Å². The number of amides is 3. The molecule has 4 aliphatic heterocycles. The molecular weight excluding hydrogens is 658 g/mol. The number of aliphatic hydroxyl groups excluding tert-OH is 2. The lowest BCUT2D eigenvalue weighted by atomic mass is 9.87. The van der Waals surface area contributed by atoms with E-state index in [-0.39, 0.29) is 36.7 Å². The first-order chi connectivity index (χ1) is 22.5. The van der Waals surface area contributed by atoms with Crippen molar-refractivity contribution in [2.45, 2.75) is 42.3 Å². The van der Waals surface area contributed by atoms with E-state index in [1.165, 1.54) is 4.90 Å². The number of para-hydroxylation sites is 1. The molecule has 3 unspecified atom stereocenters. The Morgan fingerprint density at radius 2 is 1.69 bits per heavy atom. The molecule has 4 aliphatic rings. The van der Waals surface area contributed by atoms with Crippen molar-refractivity contribution >= 4 is 35.5 Å². The van der Waals surface area contributed by atoms with Crippen LogP contribution in [-0.2, 0) is 21.9 Å². The summed E-state index contributed by atoms with van der Waals surface area (Å²) in [6, 6.07) is 5.32. The number of aliphatic hydroxyl groups is 2. The second-order valence-corrected chi connectivity index (χ2v) is 11.3. The Morgan fingerprint density at radius 3 is 2.31 bits per heavy atom. The van der Waals surface area contributed by atoms with Gasteiger partial charge in [0.05, 0.1) is 35.8 Å². The lowest BCUT2D eigenvalue weighted by Gasteiger charge is -2.50. The van der Waals surface area contributed by atoms with Gasteiger partial charge in [-0.25, -0.2) is 19.6 Å². The van der Waals surface area contributed by atoms with Crippen LogP contribution in [0.1, 0.15) is 21.5 Å². The minimum atomic E-state index is -5.25. The van der Waals surface area contributed by atoms with E-state index in [2.05, 4.69) is 9.98 Å². The zero-order valence-corrected chi connectivity index (χ0v) is 24.4. The maximum Gasteiger partial charge on any atom is 0.417 e. The molecule has 256 valence electrons. The number of hydrogen-bond acceptors (Lipinski definition) is 12. The summed E-state index contributed by atoms with van der Waals surface area (Å²) < 4.78 is 86.5. The molecule has 6 rings (SSSR count). The van der Waals surface area contributed by atoms with Crippen molar-refractivity contribution in [2.24, 2.45) is 21.5 Å². The first-order valence-corrected chi connectivity index (χ1v) is 14.2. The molecule has 48 heavy (non-hydrogen) atoms. The summed E-state index contributed by atoms with van der Waals surface area (Å²) in [7, 11) is 0. The van der Waals surface area contributed by atoms with E-state index in [1.54, 1.807) is 30.3 Å². The second-order valence-electron chi connectivity index (χ2n) is 11.3.